The molecule has 2 rings (SSSR count). The number of thiocarbonyl (C=S) groups is 4. The third kappa shape index (κ3) is 9.09. The molecule has 2 aliphatic heterocycles. The van der Waals surface area contributed by atoms with Gasteiger partial charge in [-0.2, -0.15) is 0 Å². The van der Waals surface area contributed by atoms with Crippen LogP contribution in [0, 0.1) is 0 Å². The number of nitrogens with zero attached hydrogens (tertiary/aromatic N) is 4. The van der Waals surface area contributed by atoms with Crippen molar-refractivity contribution in [3.8, 4) is 0 Å². The second-order valence-corrected chi connectivity index (χ2v) is 16.0. The molecule has 212 valence electrons. The highest BCUT2D eigenvalue weighted by atomic mass is 32.2. The molecule has 2 unspecified atom stereocenters. The summed E-state index contributed by atoms with van der Waals surface area (Å²) in [7, 11) is 0. The van der Waals surface area contributed by atoms with E-state index in [2.05, 4.69) is 61.1 Å². The minimum absolute atomic E-state index is 0.186. The Morgan fingerprint density at radius 3 is 1.27 bits per heavy atom. The molecule has 0 bridgehead atoms. The first kappa shape index (κ1) is 33.4. The van der Waals surface area contributed by atoms with Crippen molar-refractivity contribution < 1.29 is 9.11 Å². The number of hydrogen-bond acceptors (Lipinski definition) is 6. The van der Waals surface area contributed by atoms with Crippen molar-refractivity contribution in [2.75, 3.05) is 49.2 Å². The largest absolute Gasteiger partial charge is 0.616 e. The summed E-state index contributed by atoms with van der Waals surface area (Å²) in [4.78, 5) is 10.2. The molecular formula is C25H44N4O2S6. The zero-order valence-electron chi connectivity index (χ0n) is 23.2. The van der Waals surface area contributed by atoms with Gasteiger partial charge in [0.15, 0.2) is 10.2 Å². The summed E-state index contributed by atoms with van der Waals surface area (Å²) in [6.07, 6.45) is 4.17. The second kappa shape index (κ2) is 14.7. The molecule has 2 atom stereocenters. The maximum absolute atomic E-state index is 12.6. The topological polar surface area (TPSA) is 59.1 Å². The Morgan fingerprint density at radius 1 is 0.649 bits per heavy atom. The molecule has 0 amide bonds. The van der Waals surface area contributed by atoms with Gasteiger partial charge in [-0.3, -0.25) is 0 Å². The van der Waals surface area contributed by atoms with Crippen LogP contribution in [-0.2, 0) is 22.4 Å². The molecule has 2 aliphatic rings. The van der Waals surface area contributed by atoms with Gasteiger partial charge < -0.3 is 28.7 Å². The molecule has 6 nitrogen and oxygen atoms in total. The van der Waals surface area contributed by atoms with Crippen molar-refractivity contribution in [3.05, 3.63) is 0 Å². The predicted molar refractivity (Wildman–Crippen MR) is 176 cm³/mol. The van der Waals surface area contributed by atoms with E-state index < -0.39 is 22.4 Å². The monoisotopic (exact) mass is 624 g/mol. The van der Waals surface area contributed by atoms with E-state index in [9.17, 15) is 9.11 Å². The Balaban J connectivity index is 1.64. The highest BCUT2D eigenvalue weighted by Gasteiger charge is 2.40. The maximum atomic E-state index is 12.6. The molecule has 2 fully saturated rings. The van der Waals surface area contributed by atoms with E-state index in [0.717, 1.165) is 65.4 Å². The molecule has 2 heterocycles. The van der Waals surface area contributed by atoms with Crippen molar-refractivity contribution in [2.24, 2.45) is 0 Å². The van der Waals surface area contributed by atoms with Crippen molar-refractivity contribution in [1.29, 1.82) is 0 Å². The van der Waals surface area contributed by atoms with Gasteiger partial charge in [0, 0.05) is 30.6 Å². The zero-order chi connectivity index (χ0) is 28.0. The van der Waals surface area contributed by atoms with Crippen molar-refractivity contribution in [1.82, 2.24) is 19.6 Å². The normalized spacial score (nSPS) is 19.0. The molecular weight excluding hydrogens is 581 g/mol. The van der Waals surface area contributed by atoms with Gasteiger partial charge in [-0.05, 0) is 91.7 Å². The predicted octanol–water partition coefficient (Wildman–Crippen LogP) is 4.49. The lowest BCUT2D eigenvalue weighted by molar-refractivity contribution is 0.287. The molecule has 0 aromatic carbocycles. The quantitative estimate of drug-likeness (QED) is 0.181. The summed E-state index contributed by atoms with van der Waals surface area (Å²) in [5, 5.41) is 1.61. The van der Waals surface area contributed by atoms with Crippen LogP contribution in [0.2, 0.25) is 0 Å². The molecule has 0 aliphatic carbocycles. The molecule has 0 N–H and O–H groups in total. The van der Waals surface area contributed by atoms with Crippen LogP contribution in [-0.4, -0.2) is 109 Å². The molecule has 12 heteroatoms. The maximum Gasteiger partial charge on any atom is 0.177 e. The van der Waals surface area contributed by atoms with Gasteiger partial charge in [-0.15, -0.1) is 0 Å². The Bertz CT molecular complexity index is 774. The highest BCUT2D eigenvalue weighted by Crippen LogP contribution is 2.29. The van der Waals surface area contributed by atoms with E-state index in [1.165, 1.54) is 0 Å². The van der Waals surface area contributed by atoms with E-state index in [0.29, 0.717) is 36.1 Å². The summed E-state index contributed by atoms with van der Waals surface area (Å²) in [6, 6.07) is 0. The van der Waals surface area contributed by atoms with Gasteiger partial charge in [0.2, 0.25) is 0 Å². The SMILES string of the molecule is CCN1CC(=S)N(C(C)(C)CCC[S+]([O-])CCC[S+]([O-])CCCC(C)(C)N2C(=S)CN(CC)C2=S)C1=S. The molecule has 0 aromatic heterocycles. The van der Waals surface area contributed by atoms with Crippen LogP contribution in [0.4, 0.5) is 0 Å². The standard InChI is InChI=1S/C25H44N4O2S6/c1-7-26-18-20(32)28(22(26)34)24(3,4)12-9-14-36(30)16-11-17-37(31)15-10-13-25(5,6)29-21(33)19-27(8-2)23(29)35/h7-19H2,1-6H3. The minimum atomic E-state index is -0.902. The Kier molecular flexibility index (Phi) is 13.3. The van der Waals surface area contributed by atoms with Gasteiger partial charge in [0.1, 0.15) is 33.0 Å². The Labute approximate surface area is 252 Å². The molecule has 2 saturated heterocycles. The fourth-order valence-corrected chi connectivity index (χ4v) is 9.58. The first-order valence-corrected chi connectivity index (χ1v) is 17.8. The first-order valence-electron chi connectivity index (χ1n) is 13.2. The summed E-state index contributed by atoms with van der Waals surface area (Å²) < 4.78 is 25.1. The van der Waals surface area contributed by atoms with E-state index in [1.54, 1.807) is 0 Å². The zero-order valence-corrected chi connectivity index (χ0v) is 28.1. The summed E-state index contributed by atoms with van der Waals surface area (Å²) in [6.45, 7) is 15.9. The molecule has 0 spiro atoms. The fraction of sp³-hybridized carbons (Fsp3) is 0.840. The van der Waals surface area contributed by atoms with E-state index in [4.69, 9.17) is 48.9 Å². The van der Waals surface area contributed by atoms with Gasteiger partial charge in [-0.25, -0.2) is 0 Å². The number of rotatable bonds is 16. The van der Waals surface area contributed by atoms with Crippen LogP contribution < -0.4 is 0 Å². The van der Waals surface area contributed by atoms with E-state index >= 15 is 0 Å². The molecule has 0 saturated carbocycles. The smallest absolute Gasteiger partial charge is 0.177 e. The van der Waals surface area contributed by atoms with Gasteiger partial charge in [-0.1, -0.05) is 46.8 Å². The second-order valence-electron chi connectivity index (χ2n) is 10.9. The van der Waals surface area contributed by atoms with Gasteiger partial charge in [0.25, 0.3) is 0 Å². The first-order chi connectivity index (χ1) is 17.2. The van der Waals surface area contributed by atoms with Crippen LogP contribution in [0.25, 0.3) is 0 Å². The minimum Gasteiger partial charge on any atom is -0.616 e. The van der Waals surface area contributed by atoms with Crippen molar-refractivity contribution >= 4 is 91.4 Å². The van der Waals surface area contributed by atoms with Crippen LogP contribution in [0.5, 0.6) is 0 Å². The Morgan fingerprint density at radius 2 is 0.973 bits per heavy atom. The number of likely N-dealkylation sites (N-methyl/N-ethyl adjacent to an activating group) is 2. The lowest BCUT2D eigenvalue weighted by Gasteiger charge is -2.37. The van der Waals surface area contributed by atoms with Gasteiger partial charge >= 0.3 is 0 Å². The third-order valence-electron chi connectivity index (χ3n) is 7.11. The molecule has 37 heavy (non-hydrogen) atoms. The molecule has 0 aromatic rings. The summed E-state index contributed by atoms with van der Waals surface area (Å²) in [5.74, 6) is 2.51. The number of hydrogen-bond donors (Lipinski definition) is 0. The van der Waals surface area contributed by atoms with E-state index in [-0.39, 0.29) is 11.1 Å². The highest BCUT2D eigenvalue weighted by molar-refractivity contribution is 7.92. The average molecular weight is 625 g/mol. The van der Waals surface area contributed by atoms with Crippen LogP contribution in [0.15, 0.2) is 0 Å². The van der Waals surface area contributed by atoms with Crippen LogP contribution >= 0.6 is 48.9 Å². The van der Waals surface area contributed by atoms with Crippen molar-refractivity contribution in [3.63, 3.8) is 0 Å². The van der Waals surface area contributed by atoms with Crippen LogP contribution in [0.1, 0.15) is 73.6 Å². The third-order valence-corrected chi connectivity index (χ3v) is 11.6. The average Bonchev–Trinajstić information content (AvgIpc) is 3.27. The van der Waals surface area contributed by atoms with E-state index in [1.807, 2.05) is 0 Å². The van der Waals surface area contributed by atoms with Crippen molar-refractivity contribution in [2.45, 2.75) is 84.7 Å². The summed E-state index contributed by atoms with van der Waals surface area (Å²) in [5.41, 5.74) is -0.371. The Hall–Kier alpha value is 0.180. The lowest BCUT2D eigenvalue weighted by Crippen LogP contribution is -2.48. The summed E-state index contributed by atoms with van der Waals surface area (Å²) >= 11 is 20.6. The molecule has 0 radical (unpaired) electrons. The fourth-order valence-electron chi connectivity index (χ4n) is 4.93. The van der Waals surface area contributed by atoms with Gasteiger partial charge in [0.05, 0.1) is 13.1 Å². The lowest BCUT2D eigenvalue weighted by atomic mass is 9.97. The van der Waals surface area contributed by atoms with Crippen LogP contribution in [0.3, 0.4) is 0 Å².